The molecule has 12 heteroatoms. The van der Waals surface area contributed by atoms with E-state index in [9.17, 15) is 26.8 Å². The zero-order chi connectivity index (χ0) is 24.3. The Bertz CT molecular complexity index is 1310. The summed E-state index contributed by atoms with van der Waals surface area (Å²) >= 11 is 1.11. The topological polar surface area (TPSA) is 117 Å². The molecule has 0 bridgehead atoms. The molecule has 1 atom stereocenters. The second kappa shape index (κ2) is 9.73. The molecule has 1 heterocycles. The normalized spacial score (nSPS) is 12.3. The molecular formula is C21H20F2N4O4S2. The molecule has 1 unspecified atom stereocenters. The lowest BCUT2D eigenvalue weighted by molar-refractivity contribution is -0.117. The van der Waals surface area contributed by atoms with Gasteiger partial charge < -0.3 is 10.6 Å². The number of aryl methyl sites for hydroxylation is 1. The van der Waals surface area contributed by atoms with Crippen molar-refractivity contribution in [3.63, 3.8) is 0 Å². The Morgan fingerprint density at radius 2 is 1.70 bits per heavy atom. The van der Waals surface area contributed by atoms with Gasteiger partial charge in [0.2, 0.25) is 21.8 Å². The Hall–Kier alpha value is -3.22. The first-order valence-electron chi connectivity index (χ1n) is 9.60. The van der Waals surface area contributed by atoms with Crippen molar-refractivity contribution >= 4 is 44.0 Å². The van der Waals surface area contributed by atoms with E-state index in [-0.39, 0.29) is 15.9 Å². The summed E-state index contributed by atoms with van der Waals surface area (Å²) in [5.74, 6) is -2.94. The average molecular weight is 495 g/mol. The van der Waals surface area contributed by atoms with Gasteiger partial charge in [-0.3, -0.25) is 9.59 Å². The fourth-order valence-electron chi connectivity index (χ4n) is 2.85. The summed E-state index contributed by atoms with van der Waals surface area (Å²) in [6.07, 6.45) is 0. The second-order valence-corrected chi connectivity index (χ2v) is 10.0. The third-order valence-electron chi connectivity index (χ3n) is 4.43. The summed E-state index contributed by atoms with van der Waals surface area (Å²) in [5, 5.41) is 5.24. The molecule has 0 aliphatic heterocycles. The number of halogens is 2. The molecule has 1 aromatic heterocycles. The number of sulfonamides is 1. The van der Waals surface area contributed by atoms with Gasteiger partial charge in [-0.25, -0.2) is 22.2 Å². The predicted octanol–water partition coefficient (Wildman–Crippen LogP) is 3.66. The van der Waals surface area contributed by atoms with Gasteiger partial charge in [-0.15, -0.1) is 11.3 Å². The van der Waals surface area contributed by atoms with Crippen LogP contribution in [0.5, 0.6) is 0 Å². The van der Waals surface area contributed by atoms with E-state index in [1.54, 1.807) is 6.92 Å². The van der Waals surface area contributed by atoms with E-state index < -0.39 is 33.6 Å². The van der Waals surface area contributed by atoms with Gasteiger partial charge in [-0.2, -0.15) is 4.72 Å². The molecule has 0 aliphatic carbocycles. The van der Waals surface area contributed by atoms with E-state index >= 15 is 0 Å². The number of carbonyl (C=O) groups is 2. The van der Waals surface area contributed by atoms with Crippen molar-refractivity contribution in [1.29, 1.82) is 0 Å². The molecule has 0 saturated heterocycles. The lowest BCUT2D eigenvalue weighted by atomic mass is 10.1. The number of hydrogen-bond acceptors (Lipinski definition) is 6. The number of aromatic nitrogens is 1. The fourth-order valence-corrected chi connectivity index (χ4v) is 4.89. The minimum atomic E-state index is -4.01. The molecule has 174 valence electrons. The third kappa shape index (κ3) is 5.97. The molecule has 33 heavy (non-hydrogen) atoms. The number of benzene rings is 2. The standard InChI is InChI=1S/C21H20F2N4O4S2/c1-11(27-33(30,31)16-7-5-15(6-8-16)24-13(3)28)20(29)26-21-25-19(12(2)32-21)14-4-9-17(22)18(23)10-14/h4-11,27H,1-3H3,(H,24,28)(H,25,26,29). The first-order chi connectivity index (χ1) is 15.5. The highest BCUT2D eigenvalue weighted by atomic mass is 32.2. The van der Waals surface area contributed by atoms with Gasteiger partial charge in [0.25, 0.3) is 0 Å². The molecular weight excluding hydrogens is 474 g/mol. The van der Waals surface area contributed by atoms with Crippen LogP contribution in [0.1, 0.15) is 18.7 Å². The molecule has 2 amide bonds. The predicted molar refractivity (Wildman–Crippen MR) is 121 cm³/mol. The van der Waals surface area contributed by atoms with Crippen molar-refractivity contribution in [2.75, 3.05) is 10.6 Å². The summed E-state index contributed by atoms with van der Waals surface area (Å²) in [4.78, 5) is 28.4. The SMILES string of the molecule is CC(=O)Nc1ccc(S(=O)(=O)NC(C)C(=O)Nc2nc(-c3ccc(F)c(F)c3)c(C)s2)cc1. The monoisotopic (exact) mass is 494 g/mol. The Labute approximate surface area is 193 Å². The lowest BCUT2D eigenvalue weighted by Gasteiger charge is -2.14. The van der Waals surface area contributed by atoms with Gasteiger partial charge in [0.1, 0.15) is 0 Å². The highest BCUT2D eigenvalue weighted by Gasteiger charge is 2.23. The number of carbonyl (C=O) groups excluding carboxylic acids is 2. The van der Waals surface area contributed by atoms with E-state index in [0.29, 0.717) is 21.8 Å². The minimum Gasteiger partial charge on any atom is -0.326 e. The number of thiazole rings is 1. The van der Waals surface area contributed by atoms with Crippen LogP contribution >= 0.6 is 11.3 Å². The summed E-state index contributed by atoms with van der Waals surface area (Å²) in [5.41, 5.74) is 1.16. The summed E-state index contributed by atoms with van der Waals surface area (Å²) in [6.45, 7) is 4.41. The maximum absolute atomic E-state index is 13.5. The number of anilines is 2. The van der Waals surface area contributed by atoms with Gasteiger partial charge in [0, 0.05) is 23.1 Å². The first kappa shape index (κ1) is 24.4. The van der Waals surface area contributed by atoms with Crippen LogP contribution in [0.4, 0.5) is 19.6 Å². The van der Waals surface area contributed by atoms with Crippen molar-refractivity contribution in [3.05, 3.63) is 59.0 Å². The molecule has 0 saturated carbocycles. The van der Waals surface area contributed by atoms with Crippen LogP contribution in [-0.4, -0.2) is 31.3 Å². The fraction of sp³-hybridized carbons (Fsp3) is 0.190. The minimum absolute atomic E-state index is 0.0815. The van der Waals surface area contributed by atoms with Crippen LogP contribution in [0.2, 0.25) is 0 Å². The number of nitrogens with one attached hydrogen (secondary N) is 3. The zero-order valence-electron chi connectivity index (χ0n) is 17.8. The highest BCUT2D eigenvalue weighted by molar-refractivity contribution is 7.89. The molecule has 0 fully saturated rings. The first-order valence-corrected chi connectivity index (χ1v) is 11.9. The number of hydrogen-bond donors (Lipinski definition) is 3. The Balaban J connectivity index is 1.69. The van der Waals surface area contributed by atoms with Crippen molar-refractivity contribution in [2.45, 2.75) is 31.7 Å². The van der Waals surface area contributed by atoms with Crippen LogP contribution in [0.3, 0.4) is 0 Å². The van der Waals surface area contributed by atoms with Gasteiger partial charge >= 0.3 is 0 Å². The van der Waals surface area contributed by atoms with E-state index in [4.69, 9.17) is 0 Å². The molecule has 3 aromatic rings. The summed E-state index contributed by atoms with van der Waals surface area (Å²) in [6, 6.07) is 7.70. The van der Waals surface area contributed by atoms with Crippen molar-refractivity contribution in [3.8, 4) is 11.3 Å². The van der Waals surface area contributed by atoms with E-state index in [1.165, 1.54) is 44.2 Å². The van der Waals surface area contributed by atoms with Crippen LogP contribution in [-0.2, 0) is 19.6 Å². The van der Waals surface area contributed by atoms with E-state index in [2.05, 4.69) is 20.3 Å². The van der Waals surface area contributed by atoms with Crippen molar-refractivity contribution in [2.24, 2.45) is 0 Å². The largest absolute Gasteiger partial charge is 0.326 e. The van der Waals surface area contributed by atoms with Crippen LogP contribution < -0.4 is 15.4 Å². The maximum Gasteiger partial charge on any atom is 0.244 e. The van der Waals surface area contributed by atoms with Crippen LogP contribution in [0.15, 0.2) is 47.4 Å². The quantitative estimate of drug-likeness (QED) is 0.463. The maximum atomic E-state index is 13.5. The summed E-state index contributed by atoms with van der Waals surface area (Å²) in [7, 11) is -4.01. The van der Waals surface area contributed by atoms with Gasteiger partial charge in [-0.1, -0.05) is 0 Å². The van der Waals surface area contributed by atoms with Gasteiger partial charge in [0.05, 0.1) is 16.6 Å². The van der Waals surface area contributed by atoms with E-state index in [0.717, 1.165) is 23.5 Å². The van der Waals surface area contributed by atoms with Crippen molar-refractivity contribution < 1.29 is 26.8 Å². The van der Waals surface area contributed by atoms with Gasteiger partial charge in [-0.05, 0) is 56.3 Å². The number of rotatable bonds is 7. The summed E-state index contributed by atoms with van der Waals surface area (Å²) < 4.78 is 54.2. The van der Waals surface area contributed by atoms with Gasteiger partial charge in [0.15, 0.2) is 16.8 Å². The highest BCUT2D eigenvalue weighted by Crippen LogP contribution is 2.31. The van der Waals surface area contributed by atoms with Crippen LogP contribution in [0, 0.1) is 18.6 Å². The Kier molecular flexibility index (Phi) is 7.20. The van der Waals surface area contributed by atoms with E-state index in [1.807, 2.05) is 0 Å². The lowest BCUT2D eigenvalue weighted by Crippen LogP contribution is -2.41. The smallest absolute Gasteiger partial charge is 0.244 e. The average Bonchev–Trinajstić information content (AvgIpc) is 3.09. The molecule has 8 nitrogen and oxygen atoms in total. The molecule has 3 N–H and O–H groups in total. The zero-order valence-corrected chi connectivity index (χ0v) is 19.4. The third-order valence-corrected chi connectivity index (χ3v) is 6.87. The van der Waals surface area contributed by atoms with Crippen molar-refractivity contribution in [1.82, 2.24) is 9.71 Å². The molecule has 0 spiro atoms. The number of nitrogens with zero attached hydrogens (tertiary/aromatic N) is 1. The Morgan fingerprint density at radius 1 is 1.03 bits per heavy atom. The Morgan fingerprint density at radius 3 is 2.30 bits per heavy atom. The molecule has 0 radical (unpaired) electrons. The molecule has 2 aromatic carbocycles. The molecule has 3 rings (SSSR count). The van der Waals surface area contributed by atoms with Crippen LogP contribution in [0.25, 0.3) is 11.3 Å². The second-order valence-electron chi connectivity index (χ2n) is 7.09. The molecule has 0 aliphatic rings. The number of amides is 2.